The molecule has 34 heavy (non-hydrogen) atoms. The van der Waals surface area contributed by atoms with E-state index in [2.05, 4.69) is 15.6 Å². The maximum atomic E-state index is 12.2. The van der Waals surface area contributed by atoms with Gasteiger partial charge in [0, 0.05) is 23.5 Å². The zero-order valence-corrected chi connectivity index (χ0v) is 20.4. The second-order valence-electron chi connectivity index (χ2n) is 7.64. The standard InChI is InChI=1S/C23H26IN5O5/c24-17-7-13(1-4-20(17)30)8-19(23(26)33)29-21(31)11-28-22(32)12-34-15-2-3-18-16(9-15)14(5-6-25)10-27-18/h1-4,7,9-10,19,27,30H,5-6,8,11-12,25H2,(H2,26,33)(H,28,32)(H,29,31)/t19-/m0/s1. The predicted octanol–water partition coefficient (Wildman–Crippen LogP) is 0.687. The van der Waals surface area contributed by atoms with Crippen molar-refractivity contribution in [2.24, 2.45) is 11.5 Å². The molecule has 8 N–H and O–H groups in total. The molecule has 0 aliphatic heterocycles. The lowest BCUT2D eigenvalue weighted by Crippen LogP contribution is -2.49. The molecule has 0 saturated heterocycles. The second-order valence-corrected chi connectivity index (χ2v) is 8.80. The van der Waals surface area contributed by atoms with Gasteiger partial charge in [0.15, 0.2) is 6.61 Å². The number of aromatic amines is 1. The Labute approximate surface area is 209 Å². The van der Waals surface area contributed by atoms with Crippen molar-refractivity contribution in [3.05, 3.63) is 57.3 Å². The number of halogens is 1. The first-order chi connectivity index (χ1) is 16.3. The maximum Gasteiger partial charge on any atom is 0.258 e. The van der Waals surface area contributed by atoms with E-state index in [0.29, 0.717) is 15.9 Å². The number of phenols is 1. The van der Waals surface area contributed by atoms with E-state index in [4.69, 9.17) is 16.2 Å². The Bertz CT molecular complexity index is 1200. The minimum Gasteiger partial charge on any atom is -0.507 e. The minimum absolute atomic E-state index is 0.123. The van der Waals surface area contributed by atoms with Gasteiger partial charge in [-0.05, 0) is 77.0 Å². The van der Waals surface area contributed by atoms with Crippen LogP contribution in [0, 0.1) is 3.57 Å². The van der Waals surface area contributed by atoms with Gasteiger partial charge >= 0.3 is 0 Å². The van der Waals surface area contributed by atoms with E-state index >= 15 is 0 Å². The van der Waals surface area contributed by atoms with Crippen molar-refractivity contribution >= 4 is 51.2 Å². The number of fused-ring (bicyclic) bond motifs is 1. The number of nitrogens with one attached hydrogen (secondary N) is 3. The molecule has 0 aliphatic carbocycles. The summed E-state index contributed by atoms with van der Waals surface area (Å²) in [6.07, 6.45) is 2.77. The van der Waals surface area contributed by atoms with Gasteiger partial charge in [-0.3, -0.25) is 14.4 Å². The third-order valence-electron chi connectivity index (χ3n) is 5.10. The Morgan fingerprint density at radius 1 is 1.15 bits per heavy atom. The number of carbonyl (C=O) groups excluding carboxylic acids is 3. The average Bonchev–Trinajstić information content (AvgIpc) is 3.20. The van der Waals surface area contributed by atoms with Crippen LogP contribution in [-0.4, -0.2) is 53.6 Å². The Balaban J connectivity index is 1.48. The highest BCUT2D eigenvalue weighted by Gasteiger charge is 2.19. The van der Waals surface area contributed by atoms with Crippen molar-refractivity contribution in [3.8, 4) is 11.5 Å². The van der Waals surface area contributed by atoms with E-state index in [-0.39, 0.29) is 25.3 Å². The number of hydrogen-bond donors (Lipinski definition) is 6. The van der Waals surface area contributed by atoms with Crippen LogP contribution in [0.25, 0.3) is 10.9 Å². The van der Waals surface area contributed by atoms with E-state index in [1.54, 1.807) is 18.2 Å². The minimum atomic E-state index is -0.961. The van der Waals surface area contributed by atoms with Gasteiger partial charge in [0.1, 0.15) is 17.5 Å². The molecule has 3 rings (SSSR count). The van der Waals surface area contributed by atoms with Crippen LogP contribution in [0.5, 0.6) is 11.5 Å². The fraction of sp³-hybridized carbons (Fsp3) is 0.261. The number of H-pyrrole nitrogens is 1. The summed E-state index contributed by atoms with van der Waals surface area (Å²) in [5.74, 6) is -1.12. The van der Waals surface area contributed by atoms with Crippen LogP contribution < -0.4 is 26.8 Å². The molecule has 1 aromatic heterocycles. The number of carbonyl (C=O) groups is 3. The predicted molar refractivity (Wildman–Crippen MR) is 135 cm³/mol. The molecule has 0 unspecified atom stereocenters. The number of aromatic nitrogens is 1. The largest absolute Gasteiger partial charge is 0.507 e. The third-order valence-corrected chi connectivity index (χ3v) is 5.96. The Hall–Kier alpha value is -3.32. The summed E-state index contributed by atoms with van der Waals surface area (Å²) in [6, 6.07) is 9.31. The number of ether oxygens (including phenoxy) is 1. The first-order valence-electron chi connectivity index (χ1n) is 10.5. The van der Waals surface area contributed by atoms with Gasteiger partial charge < -0.3 is 36.9 Å². The smallest absolute Gasteiger partial charge is 0.258 e. The van der Waals surface area contributed by atoms with E-state index in [1.807, 2.05) is 40.9 Å². The summed E-state index contributed by atoms with van der Waals surface area (Å²) < 4.78 is 6.16. The van der Waals surface area contributed by atoms with Crippen molar-refractivity contribution in [1.29, 1.82) is 0 Å². The normalized spacial score (nSPS) is 11.7. The maximum absolute atomic E-state index is 12.2. The van der Waals surface area contributed by atoms with E-state index in [0.717, 1.165) is 28.5 Å². The van der Waals surface area contributed by atoms with Crippen molar-refractivity contribution in [2.45, 2.75) is 18.9 Å². The number of nitrogens with two attached hydrogens (primary N) is 2. The number of aromatic hydroxyl groups is 1. The lowest BCUT2D eigenvalue weighted by Gasteiger charge is -2.16. The molecule has 0 spiro atoms. The molecule has 0 aliphatic rings. The molecule has 11 heteroatoms. The highest BCUT2D eigenvalue weighted by molar-refractivity contribution is 14.1. The number of primary amides is 1. The van der Waals surface area contributed by atoms with E-state index in [1.165, 1.54) is 6.07 Å². The van der Waals surface area contributed by atoms with Crippen molar-refractivity contribution in [2.75, 3.05) is 19.7 Å². The number of amides is 3. The molecule has 0 bridgehead atoms. The molecule has 1 atom stereocenters. The highest BCUT2D eigenvalue weighted by Crippen LogP contribution is 2.24. The average molecular weight is 579 g/mol. The lowest BCUT2D eigenvalue weighted by molar-refractivity contribution is -0.129. The molecule has 2 aromatic carbocycles. The lowest BCUT2D eigenvalue weighted by atomic mass is 10.1. The molecule has 0 radical (unpaired) electrons. The topological polar surface area (TPSA) is 173 Å². The van der Waals surface area contributed by atoms with Gasteiger partial charge in [-0.25, -0.2) is 0 Å². The second kappa shape index (κ2) is 11.7. The number of phenolic OH excluding ortho intramolecular Hbond substituents is 1. The van der Waals surface area contributed by atoms with Gasteiger partial charge in [0.05, 0.1) is 10.1 Å². The van der Waals surface area contributed by atoms with E-state index in [9.17, 15) is 19.5 Å². The van der Waals surface area contributed by atoms with Crippen molar-refractivity contribution in [3.63, 3.8) is 0 Å². The first-order valence-corrected chi connectivity index (χ1v) is 11.6. The summed E-state index contributed by atoms with van der Waals surface area (Å²) in [6.45, 7) is -0.0927. The summed E-state index contributed by atoms with van der Waals surface area (Å²) in [4.78, 5) is 39.3. The summed E-state index contributed by atoms with van der Waals surface area (Å²) >= 11 is 1.96. The molecular formula is C23H26IN5O5. The highest BCUT2D eigenvalue weighted by atomic mass is 127. The number of hydrogen-bond acceptors (Lipinski definition) is 6. The molecule has 10 nitrogen and oxygen atoms in total. The third kappa shape index (κ3) is 6.84. The summed E-state index contributed by atoms with van der Waals surface area (Å²) in [5.41, 5.74) is 13.8. The zero-order valence-electron chi connectivity index (χ0n) is 18.3. The molecule has 3 aromatic rings. The Morgan fingerprint density at radius 2 is 1.94 bits per heavy atom. The molecule has 0 fully saturated rings. The van der Waals surface area contributed by atoms with Gasteiger partial charge in [-0.2, -0.15) is 0 Å². The zero-order chi connectivity index (χ0) is 24.7. The first kappa shape index (κ1) is 25.3. The number of rotatable bonds is 11. The monoisotopic (exact) mass is 579 g/mol. The Kier molecular flexibility index (Phi) is 8.71. The van der Waals surface area contributed by atoms with Gasteiger partial charge in [0.2, 0.25) is 11.8 Å². The summed E-state index contributed by atoms with van der Waals surface area (Å²) in [7, 11) is 0. The van der Waals surface area contributed by atoms with Crippen LogP contribution in [0.1, 0.15) is 11.1 Å². The Morgan fingerprint density at radius 3 is 2.65 bits per heavy atom. The van der Waals surface area contributed by atoms with Crippen LogP contribution in [0.4, 0.5) is 0 Å². The van der Waals surface area contributed by atoms with Crippen LogP contribution in [0.2, 0.25) is 0 Å². The molecular weight excluding hydrogens is 553 g/mol. The fourth-order valence-electron chi connectivity index (χ4n) is 3.37. The quantitative estimate of drug-likeness (QED) is 0.183. The van der Waals surface area contributed by atoms with Crippen molar-refractivity contribution in [1.82, 2.24) is 15.6 Å². The fourth-order valence-corrected chi connectivity index (χ4v) is 3.95. The molecule has 0 saturated carbocycles. The van der Waals surface area contributed by atoms with E-state index < -0.39 is 23.8 Å². The van der Waals surface area contributed by atoms with Crippen LogP contribution in [0.3, 0.4) is 0 Å². The van der Waals surface area contributed by atoms with Gasteiger partial charge in [0.25, 0.3) is 5.91 Å². The molecule has 1 heterocycles. The van der Waals surface area contributed by atoms with Gasteiger partial charge in [-0.1, -0.05) is 6.07 Å². The molecule has 180 valence electrons. The SMILES string of the molecule is NCCc1c[nH]c2ccc(OCC(=O)NCC(=O)N[C@@H](Cc3ccc(O)c(I)c3)C(N)=O)cc12. The van der Waals surface area contributed by atoms with Crippen LogP contribution >= 0.6 is 22.6 Å². The molecule has 3 amide bonds. The number of benzene rings is 2. The van der Waals surface area contributed by atoms with Gasteiger partial charge in [-0.15, -0.1) is 0 Å². The summed E-state index contributed by atoms with van der Waals surface area (Å²) in [5, 5.41) is 15.6. The van der Waals surface area contributed by atoms with Crippen LogP contribution in [0.15, 0.2) is 42.6 Å². The van der Waals surface area contributed by atoms with Crippen LogP contribution in [-0.2, 0) is 27.2 Å². The van der Waals surface area contributed by atoms with Crippen molar-refractivity contribution < 1.29 is 24.2 Å².